The summed E-state index contributed by atoms with van der Waals surface area (Å²) in [4.78, 5) is 0. The number of H-pyrrole nitrogens is 1. The van der Waals surface area contributed by atoms with E-state index in [-0.39, 0.29) is 0 Å². The van der Waals surface area contributed by atoms with Gasteiger partial charge in [-0.3, -0.25) is 5.10 Å². The summed E-state index contributed by atoms with van der Waals surface area (Å²) in [6, 6.07) is 18.7. The van der Waals surface area contributed by atoms with Crippen LogP contribution in [0.5, 0.6) is 0 Å². The third kappa shape index (κ3) is 3.00. The van der Waals surface area contributed by atoms with E-state index in [0.717, 1.165) is 11.4 Å². The SMILES string of the molecule is S=c1[nH]nc(C2CC2)n1/N=C\c1ccc(-c2ccccc2)cc1. The minimum atomic E-state index is 0.501. The van der Waals surface area contributed by atoms with E-state index in [9.17, 15) is 0 Å². The number of nitrogens with one attached hydrogen (secondary N) is 1. The molecule has 114 valence electrons. The first-order valence-corrected chi connectivity index (χ1v) is 8.09. The van der Waals surface area contributed by atoms with Crippen molar-refractivity contribution >= 4 is 18.4 Å². The normalized spacial score (nSPS) is 14.4. The van der Waals surface area contributed by atoms with Gasteiger partial charge in [0.2, 0.25) is 4.77 Å². The van der Waals surface area contributed by atoms with E-state index >= 15 is 0 Å². The summed E-state index contributed by atoms with van der Waals surface area (Å²) in [5.41, 5.74) is 3.44. The highest BCUT2D eigenvalue weighted by Gasteiger charge is 2.29. The van der Waals surface area contributed by atoms with Gasteiger partial charge in [0, 0.05) is 5.92 Å². The monoisotopic (exact) mass is 320 g/mol. The summed E-state index contributed by atoms with van der Waals surface area (Å²) in [5.74, 6) is 1.44. The molecule has 5 heteroatoms. The van der Waals surface area contributed by atoms with Crippen molar-refractivity contribution in [1.29, 1.82) is 0 Å². The highest BCUT2D eigenvalue weighted by atomic mass is 32.1. The molecule has 1 fully saturated rings. The van der Waals surface area contributed by atoms with Gasteiger partial charge in [0.1, 0.15) is 0 Å². The predicted molar refractivity (Wildman–Crippen MR) is 94.3 cm³/mol. The molecule has 1 aromatic heterocycles. The van der Waals surface area contributed by atoms with Crippen LogP contribution in [0.4, 0.5) is 0 Å². The first kappa shape index (κ1) is 14.1. The van der Waals surface area contributed by atoms with Crippen LogP contribution in [0.15, 0.2) is 59.7 Å². The molecular formula is C18H16N4S. The van der Waals surface area contributed by atoms with Crippen LogP contribution in [0.25, 0.3) is 11.1 Å². The van der Waals surface area contributed by atoms with Crippen LogP contribution >= 0.6 is 12.2 Å². The van der Waals surface area contributed by atoms with Crippen molar-refractivity contribution in [1.82, 2.24) is 14.9 Å². The van der Waals surface area contributed by atoms with Crippen LogP contribution in [0.2, 0.25) is 0 Å². The molecule has 0 saturated heterocycles. The van der Waals surface area contributed by atoms with Crippen LogP contribution in [0.1, 0.15) is 30.1 Å². The third-order valence-corrected chi connectivity index (χ3v) is 4.22. The Kier molecular flexibility index (Phi) is 3.63. The number of aromatic nitrogens is 3. The van der Waals surface area contributed by atoms with Crippen LogP contribution in [0.3, 0.4) is 0 Å². The van der Waals surface area contributed by atoms with Crippen LogP contribution in [0, 0.1) is 4.77 Å². The minimum Gasteiger partial charge on any atom is -0.250 e. The lowest BCUT2D eigenvalue weighted by molar-refractivity contribution is 0.773. The Hall–Kier alpha value is -2.53. The van der Waals surface area contributed by atoms with Crippen molar-refractivity contribution in [3.8, 4) is 11.1 Å². The van der Waals surface area contributed by atoms with Gasteiger partial charge in [0.05, 0.1) is 6.21 Å². The lowest BCUT2D eigenvalue weighted by atomic mass is 10.0. The standard InChI is InChI=1S/C18H16N4S/c23-18-21-20-17(16-10-11-16)22(18)19-12-13-6-8-15(9-7-13)14-4-2-1-3-5-14/h1-9,12,16H,10-11H2,(H,21,23)/b19-12-. The van der Waals surface area contributed by atoms with E-state index in [2.05, 4.69) is 51.7 Å². The van der Waals surface area contributed by atoms with E-state index in [1.165, 1.54) is 24.0 Å². The Morgan fingerprint density at radius 2 is 1.74 bits per heavy atom. The maximum Gasteiger partial charge on any atom is 0.216 e. The van der Waals surface area contributed by atoms with E-state index < -0.39 is 0 Å². The number of aromatic amines is 1. The van der Waals surface area contributed by atoms with Crippen molar-refractivity contribution in [2.24, 2.45) is 5.10 Å². The summed E-state index contributed by atoms with van der Waals surface area (Å²) in [5, 5.41) is 11.6. The zero-order valence-corrected chi connectivity index (χ0v) is 13.3. The molecule has 0 atom stereocenters. The maximum absolute atomic E-state index is 5.25. The molecule has 3 aromatic rings. The molecule has 0 spiro atoms. The van der Waals surface area contributed by atoms with Gasteiger partial charge in [-0.15, -0.1) is 0 Å². The number of benzene rings is 2. The number of nitrogens with zero attached hydrogens (tertiary/aromatic N) is 3. The lowest BCUT2D eigenvalue weighted by Crippen LogP contribution is -1.97. The molecule has 0 radical (unpaired) electrons. The van der Waals surface area contributed by atoms with Gasteiger partial charge < -0.3 is 0 Å². The maximum atomic E-state index is 5.25. The molecule has 0 amide bonds. The van der Waals surface area contributed by atoms with Gasteiger partial charge in [-0.25, -0.2) is 0 Å². The molecule has 1 aliphatic carbocycles. The first-order valence-electron chi connectivity index (χ1n) is 7.68. The fraction of sp³-hybridized carbons (Fsp3) is 0.167. The molecule has 2 aromatic carbocycles. The molecule has 0 aliphatic heterocycles. The third-order valence-electron chi connectivity index (χ3n) is 3.96. The molecule has 0 bridgehead atoms. The highest BCUT2D eigenvalue weighted by molar-refractivity contribution is 7.71. The smallest absolute Gasteiger partial charge is 0.216 e. The average molecular weight is 320 g/mol. The minimum absolute atomic E-state index is 0.501. The van der Waals surface area contributed by atoms with Gasteiger partial charge in [-0.2, -0.15) is 14.9 Å². The average Bonchev–Trinajstić information content (AvgIpc) is 3.38. The van der Waals surface area contributed by atoms with Crippen molar-refractivity contribution < 1.29 is 0 Å². The van der Waals surface area contributed by atoms with Gasteiger partial charge in [-0.1, -0.05) is 54.6 Å². The number of hydrogen-bond acceptors (Lipinski definition) is 3. The molecule has 1 saturated carbocycles. The highest BCUT2D eigenvalue weighted by Crippen LogP contribution is 2.38. The zero-order valence-electron chi connectivity index (χ0n) is 12.5. The number of hydrogen-bond donors (Lipinski definition) is 1. The topological polar surface area (TPSA) is 46.0 Å². The second-order valence-electron chi connectivity index (χ2n) is 5.71. The fourth-order valence-corrected chi connectivity index (χ4v) is 2.72. The second kappa shape index (κ2) is 5.93. The largest absolute Gasteiger partial charge is 0.250 e. The molecule has 1 heterocycles. The van der Waals surface area contributed by atoms with Gasteiger partial charge >= 0.3 is 0 Å². The molecule has 1 aliphatic rings. The van der Waals surface area contributed by atoms with Crippen LogP contribution in [-0.4, -0.2) is 21.1 Å². The van der Waals surface area contributed by atoms with E-state index in [0.29, 0.717) is 10.7 Å². The van der Waals surface area contributed by atoms with Crippen molar-refractivity contribution in [2.75, 3.05) is 0 Å². The van der Waals surface area contributed by atoms with E-state index in [1.807, 2.05) is 24.4 Å². The summed E-state index contributed by atoms with van der Waals surface area (Å²) >= 11 is 5.25. The summed E-state index contributed by atoms with van der Waals surface area (Å²) in [6.45, 7) is 0. The van der Waals surface area contributed by atoms with Gasteiger partial charge in [-0.05, 0) is 41.7 Å². The van der Waals surface area contributed by atoms with Gasteiger partial charge in [0.25, 0.3) is 0 Å². The fourth-order valence-electron chi connectivity index (χ4n) is 2.54. The summed E-state index contributed by atoms with van der Waals surface area (Å²) in [7, 11) is 0. The van der Waals surface area contributed by atoms with Crippen LogP contribution in [-0.2, 0) is 0 Å². The van der Waals surface area contributed by atoms with E-state index in [1.54, 1.807) is 4.68 Å². The lowest BCUT2D eigenvalue weighted by Gasteiger charge is -2.02. The predicted octanol–water partition coefficient (Wildman–Crippen LogP) is 4.37. The Morgan fingerprint density at radius 3 is 2.43 bits per heavy atom. The Balaban J connectivity index is 1.58. The summed E-state index contributed by atoms with van der Waals surface area (Å²) < 4.78 is 2.28. The van der Waals surface area contributed by atoms with E-state index in [4.69, 9.17) is 12.2 Å². The van der Waals surface area contributed by atoms with Crippen molar-refractivity contribution in [3.63, 3.8) is 0 Å². The van der Waals surface area contributed by atoms with Crippen molar-refractivity contribution in [3.05, 3.63) is 70.8 Å². The van der Waals surface area contributed by atoms with Crippen LogP contribution < -0.4 is 0 Å². The Morgan fingerprint density at radius 1 is 1.04 bits per heavy atom. The second-order valence-corrected chi connectivity index (χ2v) is 6.09. The molecule has 4 rings (SSSR count). The molecule has 0 unspecified atom stereocenters. The quantitative estimate of drug-likeness (QED) is 0.573. The zero-order chi connectivity index (χ0) is 15.6. The Labute approximate surface area is 139 Å². The molecular weight excluding hydrogens is 304 g/mol. The van der Waals surface area contributed by atoms with Crippen molar-refractivity contribution in [2.45, 2.75) is 18.8 Å². The molecule has 1 N–H and O–H groups in total. The number of rotatable bonds is 4. The summed E-state index contributed by atoms with van der Waals surface area (Å²) in [6.07, 6.45) is 4.16. The first-order chi connectivity index (χ1) is 11.3. The Bertz CT molecular complexity index is 887. The van der Waals surface area contributed by atoms with Gasteiger partial charge in [0.15, 0.2) is 5.82 Å². The molecule has 23 heavy (non-hydrogen) atoms. The molecule has 4 nitrogen and oxygen atoms in total.